The molecular weight excluding hydrogens is 564 g/mol. The maximum atomic E-state index is 14.1. The van der Waals surface area contributed by atoms with Crippen molar-refractivity contribution in [2.75, 3.05) is 36.5 Å². The van der Waals surface area contributed by atoms with Crippen molar-refractivity contribution in [3.63, 3.8) is 0 Å². The lowest BCUT2D eigenvalue weighted by atomic mass is 9.92. The first-order chi connectivity index (χ1) is 20.3. The minimum absolute atomic E-state index is 0.00777. The molecule has 3 heterocycles. The van der Waals surface area contributed by atoms with Crippen LogP contribution in [-0.2, 0) is 14.8 Å². The highest BCUT2D eigenvalue weighted by Crippen LogP contribution is 2.30. The van der Waals surface area contributed by atoms with E-state index in [0.29, 0.717) is 80.6 Å². The third-order valence-electron chi connectivity index (χ3n) is 7.73. The first-order valence-electron chi connectivity index (χ1n) is 14.1. The van der Waals surface area contributed by atoms with E-state index in [9.17, 15) is 17.2 Å². The molecule has 13 heteroatoms. The number of imidazole rings is 1. The van der Waals surface area contributed by atoms with Gasteiger partial charge in [-0.25, -0.2) is 26.9 Å². The number of sulfonamides is 1. The van der Waals surface area contributed by atoms with Crippen LogP contribution < -0.4 is 14.9 Å². The van der Waals surface area contributed by atoms with E-state index in [2.05, 4.69) is 24.9 Å². The molecule has 2 N–H and O–H groups in total. The molecule has 42 heavy (non-hydrogen) atoms. The number of fused-ring (bicyclic) bond motifs is 1. The highest BCUT2D eigenvalue weighted by molar-refractivity contribution is 7.89. The Balaban J connectivity index is 1.24. The van der Waals surface area contributed by atoms with Gasteiger partial charge in [0.05, 0.1) is 29.1 Å². The van der Waals surface area contributed by atoms with Gasteiger partial charge in [0.25, 0.3) is 6.43 Å². The molecule has 2 aliphatic rings. The van der Waals surface area contributed by atoms with Crippen LogP contribution in [-0.4, -0.2) is 66.3 Å². The average Bonchev–Trinajstić information content (AvgIpc) is 3.39. The molecule has 1 aliphatic carbocycles. The SMILES string of the molecule is Cc1cccc(S(=O)(=O)NC2CCC(Nc3nc(N4CCOCC4)cc(-n4c(C(F)F)nc5ccccc54)n3)CC2)c1. The standard InChI is InChI=1S/C29H33F2N7O3S/c1-19-5-4-6-22(17-19)42(39,40)36-21-11-9-20(10-12-21)32-29-34-25(37-13-15-41-16-14-37)18-26(35-29)38-24-8-3-2-7-23(24)33-28(38)27(30)31/h2-8,17-18,20-21,27,36H,9-16H2,1H3,(H,32,34,35). The van der Waals surface area contributed by atoms with Gasteiger partial charge in [0.1, 0.15) is 11.6 Å². The summed E-state index contributed by atoms with van der Waals surface area (Å²) < 4.78 is 63.9. The molecule has 1 saturated carbocycles. The molecule has 4 aromatic rings. The third-order valence-corrected chi connectivity index (χ3v) is 9.25. The predicted molar refractivity (Wildman–Crippen MR) is 156 cm³/mol. The fourth-order valence-electron chi connectivity index (χ4n) is 5.60. The second-order valence-corrected chi connectivity index (χ2v) is 12.4. The second kappa shape index (κ2) is 11.9. The Morgan fingerprint density at radius 2 is 1.62 bits per heavy atom. The van der Waals surface area contributed by atoms with Crippen LogP contribution in [0, 0.1) is 6.92 Å². The lowest BCUT2D eigenvalue weighted by Gasteiger charge is -2.31. The van der Waals surface area contributed by atoms with Crippen LogP contribution in [0.5, 0.6) is 0 Å². The van der Waals surface area contributed by atoms with Crippen molar-refractivity contribution in [1.82, 2.24) is 24.2 Å². The number of hydrogen-bond acceptors (Lipinski definition) is 8. The van der Waals surface area contributed by atoms with Gasteiger partial charge >= 0.3 is 0 Å². The molecule has 1 aliphatic heterocycles. The summed E-state index contributed by atoms with van der Waals surface area (Å²) in [5.74, 6) is 0.868. The molecule has 0 spiro atoms. The van der Waals surface area contributed by atoms with E-state index in [1.165, 1.54) is 4.57 Å². The molecule has 0 atom stereocenters. The molecule has 2 aromatic heterocycles. The van der Waals surface area contributed by atoms with Gasteiger partial charge in [-0.3, -0.25) is 4.57 Å². The van der Waals surface area contributed by atoms with Crippen LogP contribution in [0.3, 0.4) is 0 Å². The highest BCUT2D eigenvalue weighted by Gasteiger charge is 2.28. The number of aromatic nitrogens is 4. The number of rotatable bonds is 8. The minimum atomic E-state index is -3.62. The summed E-state index contributed by atoms with van der Waals surface area (Å²) in [6, 6.07) is 15.4. The molecular formula is C29H33F2N7O3S. The molecule has 6 rings (SSSR count). The number of ether oxygens (including phenoxy) is 1. The van der Waals surface area contributed by atoms with E-state index in [4.69, 9.17) is 9.72 Å². The Morgan fingerprint density at radius 3 is 2.36 bits per heavy atom. The van der Waals surface area contributed by atoms with Crippen molar-refractivity contribution in [3.8, 4) is 5.82 Å². The Bertz CT molecular complexity index is 1670. The number of alkyl halides is 2. The zero-order chi connectivity index (χ0) is 29.3. The van der Waals surface area contributed by atoms with Crippen LogP contribution in [0.2, 0.25) is 0 Å². The molecule has 2 aromatic carbocycles. The fourth-order valence-corrected chi connectivity index (χ4v) is 7.00. The predicted octanol–water partition coefficient (Wildman–Crippen LogP) is 4.60. The molecule has 0 bridgehead atoms. The molecule has 10 nitrogen and oxygen atoms in total. The van der Waals surface area contributed by atoms with E-state index >= 15 is 0 Å². The van der Waals surface area contributed by atoms with Crippen molar-refractivity contribution in [2.45, 2.75) is 56.0 Å². The number of hydrogen-bond donors (Lipinski definition) is 2. The Labute approximate surface area is 243 Å². The van der Waals surface area contributed by atoms with E-state index in [1.54, 1.807) is 48.5 Å². The van der Waals surface area contributed by atoms with Crippen molar-refractivity contribution >= 4 is 32.8 Å². The zero-order valence-electron chi connectivity index (χ0n) is 23.2. The first-order valence-corrected chi connectivity index (χ1v) is 15.6. The number of benzene rings is 2. The maximum Gasteiger partial charge on any atom is 0.296 e. The van der Waals surface area contributed by atoms with Gasteiger partial charge in [0.2, 0.25) is 16.0 Å². The number of para-hydroxylation sites is 2. The highest BCUT2D eigenvalue weighted by atomic mass is 32.2. The molecule has 0 radical (unpaired) electrons. The number of halogens is 2. The van der Waals surface area contributed by atoms with E-state index in [-0.39, 0.29) is 22.8 Å². The summed E-state index contributed by atoms with van der Waals surface area (Å²) in [6.07, 6.45) is -0.134. The summed E-state index contributed by atoms with van der Waals surface area (Å²) in [5, 5.41) is 3.40. The number of morpholine rings is 1. The topological polar surface area (TPSA) is 114 Å². The van der Waals surface area contributed by atoms with Gasteiger partial charge in [-0.1, -0.05) is 24.3 Å². The maximum absolute atomic E-state index is 14.1. The zero-order valence-corrected chi connectivity index (χ0v) is 24.0. The van der Waals surface area contributed by atoms with Crippen molar-refractivity contribution < 1.29 is 21.9 Å². The minimum Gasteiger partial charge on any atom is -0.378 e. The van der Waals surface area contributed by atoms with Crippen molar-refractivity contribution in [2.24, 2.45) is 0 Å². The average molecular weight is 598 g/mol. The molecule has 0 amide bonds. The number of anilines is 2. The van der Waals surface area contributed by atoms with Gasteiger partial charge in [0, 0.05) is 31.2 Å². The Hall–Kier alpha value is -3.68. The van der Waals surface area contributed by atoms with Crippen LogP contribution in [0.25, 0.3) is 16.9 Å². The Morgan fingerprint density at radius 1 is 0.905 bits per heavy atom. The summed E-state index contributed by atoms with van der Waals surface area (Å²) in [6.45, 7) is 4.19. The third kappa shape index (κ3) is 6.08. The largest absolute Gasteiger partial charge is 0.378 e. The normalized spacial score (nSPS) is 19.9. The van der Waals surface area contributed by atoms with Gasteiger partial charge in [-0.05, 0) is 62.4 Å². The van der Waals surface area contributed by atoms with Gasteiger partial charge in [-0.15, -0.1) is 0 Å². The van der Waals surface area contributed by atoms with E-state index < -0.39 is 16.4 Å². The number of nitrogens with zero attached hydrogens (tertiary/aromatic N) is 5. The first kappa shape index (κ1) is 28.4. The van der Waals surface area contributed by atoms with Crippen LogP contribution in [0.1, 0.15) is 43.5 Å². The number of aryl methyl sites for hydroxylation is 1. The van der Waals surface area contributed by atoms with E-state index in [0.717, 1.165) is 5.56 Å². The van der Waals surface area contributed by atoms with E-state index in [1.807, 2.05) is 13.0 Å². The number of nitrogens with one attached hydrogen (secondary N) is 2. The lowest BCUT2D eigenvalue weighted by molar-refractivity contribution is 0.122. The summed E-state index contributed by atoms with van der Waals surface area (Å²) >= 11 is 0. The van der Waals surface area contributed by atoms with Gasteiger partial charge < -0.3 is 15.0 Å². The van der Waals surface area contributed by atoms with Crippen LogP contribution >= 0.6 is 0 Å². The van der Waals surface area contributed by atoms with Crippen LogP contribution in [0.4, 0.5) is 20.5 Å². The summed E-state index contributed by atoms with van der Waals surface area (Å²) in [5.41, 5.74) is 1.88. The molecule has 1 saturated heterocycles. The van der Waals surface area contributed by atoms with Crippen molar-refractivity contribution in [3.05, 3.63) is 66.0 Å². The summed E-state index contributed by atoms with van der Waals surface area (Å²) in [4.78, 5) is 15.9. The molecule has 222 valence electrons. The van der Waals surface area contributed by atoms with Gasteiger partial charge in [-0.2, -0.15) is 9.97 Å². The quantitative estimate of drug-likeness (QED) is 0.303. The summed E-state index contributed by atoms with van der Waals surface area (Å²) in [7, 11) is -3.62. The van der Waals surface area contributed by atoms with Gasteiger partial charge in [0.15, 0.2) is 5.82 Å². The molecule has 2 fully saturated rings. The Kier molecular flexibility index (Phi) is 8.06. The fraction of sp³-hybridized carbons (Fsp3) is 0.414. The molecule has 0 unspecified atom stereocenters. The monoisotopic (exact) mass is 597 g/mol. The second-order valence-electron chi connectivity index (χ2n) is 10.7. The van der Waals surface area contributed by atoms with Crippen molar-refractivity contribution in [1.29, 1.82) is 0 Å². The lowest BCUT2D eigenvalue weighted by Crippen LogP contribution is -2.40. The smallest absolute Gasteiger partial charge is 0.296 e. The van der Waals surface area contributed by atoms with Crippen LogP contribution in [0.15, 0.2) is 59.5 Å².